The minimum absolute atomic E-state index is 0.0249. The second kappa shape index (κ2) is 7.02. The van der Waals surface area contributed by atoms with Crippen molar-refractivity contribution >= 4 is 39.2 Å². The molecule has 0 bridgehead atoms. The Hall–Kier alpha value is -3.72. The Morgan fingerprint density at radius 1 is 1.07 bits per heavy atom. The summed E-state index contributed by atoms with van der Waals surface area (Å²) in [5, 5.41) is 23.5. The van der Waals surface area contributed by atoms with E-state index in [1.165, 1.54) is 11.4 Å². The number of benzene rings is 2. The van der Waals surface area contributed by atoms with E-state index in [1.807, 2.05) is 0 Å². The highest BCUT2D eigenvalue weighted by Gasteiger charge is 2.25. The van der Waals surface area contributed by atoms with E-state index in [1.54, 1.807) is 24.3 Å². The molecular formula is C20H11F2NO5S. The number of rotatable bonds is 4. The van der Waals surface area contributed by atoms with Gasteiger partial charge < -0.3 is 19.9 Å². The number of nitrogens with one attached hydrogen (secondary N) is 1. The second-order valence-electron chi connectivity index (χ2n) is 6.02. The van der Waals surface area contributed by atoms with Crippen LogP contribution >= 0.6 is 11.3 Å². The molecule has 29 heavy (non-hydrogen) atoms. The molecule has 3 N–H and O–H groups in total. The number of hydrogen-bond acceptors (Lipinski definition) is 5. The van der Waals surface area contributed by atoms with Gasteiger partial charge in [-0.2, -0.15) is 0 Å². The number of carbonyl (C=O) groups excluding carboxylic acids is 1. The van der Waals surface area contributed by atoms with Crippen LogP contribution in [0.15, 0.2) is 52.3 Å². The van der Waals surface area contributed by atoms with Crippen LogP contribution in [0.4, 0.5) is 13.8 Å². The van der Waals surface area contributed by atoms with Crippen LogP contribution in [0.1, 0.15) is 20.9 Å². The van der Waals surface area contributed by atoms with E-state index in [0.29, 0.717) is 11.0 Å². The molecule has 6 nitrogen and oxygen atoms in total. The Bertz CT molecular complexity index is 1240. The van der Waals surface area contributed by atoms with Gasteiger partial charge in [0.15, 0.2) is 23.1 Å². The summed E-state index contributed by atoms with van der Waals surface area (Å²) in [5.74, 6) is -5.80. The lowest BCUT2D eigenvalue weighted by Crippen LogP contribution is -2.12. The van der Waals surface area contributed by atoms with Crippen LogP contribution in [-0.4, -0.2) is 22.1 Å². The van der Waals surface area contributed by atoms with Crippen molar-refractivity contribution in [3.8, 4) is 16.9 Å². The quantitative estimate of drug-likeness (QED) is 0.431. The van der Waals surface area contributed by atoms with Crippen molar-refractivity contribution in [3.05, 3.63) is 70.8 Å². The summed E-state index contributed by atoms with van der Waals surface area (Å²) in [6.45, 7) is 0. The van der Waals surface area contributed by atoms with Gasteiger partial charge in [-0.05, 0) is 24.3 Å². The first kappa shape index (κ1) is 18.6. The third kappa shape index (κ3) is 3.21. The average molecular weight is 415 g/mol. The van der Waals surface area contributed by atoms with Gasteiger partial charge in [-0.15, -0.1) is 11.3 Å². The smallest absolute Gasteiger partial charge is 0.339 e. The Kier molecular flexibility index (Phi) is 4.51. The summed E-state index contributed by atoms with van der Waals surface area (Å²) in [6.07, 6.45) is 0. The van der Waals surface area contributed by atoms with Crippen molar-refractivity contribution in [1.82, 2.24) is 0 Å². The molecule has 0 atom stereocenters. The molecule has 0 fully saturated rings. The first-order valence-corrected chi connectivity index (χ1v) is 9.07. The second-order valence-corrected chi connectivity index (χ2v) is 6.90. The van der Waals surface area contributed by atoms with E-state index in [4.69, 9.17) is 4.42 Å². The summed E-state index contributed by atoms with van der Waals surface area (Å²) < 4.78 is 33.0. The molecule has 0 radical (unpaired) electrons. The lowest BCUT2D eigenvalue weighted by atomic mass is 10.0. The average Bonchev–Trinajstić information content (AvgIpc) is 3.30. The number of aromatic carboxylic acids is 1. The number of carboxylic acids is 1. The van der Waals surface area contributed by atoms with Gasteiger partial charge in [0.05, 0.1) is 0 Å². The fourth-order valence-corrected chi connectivity index (χ4v) is 3.82. The molecule has 0 spiro atoms. The number of carbonyl (C=O) groups is 2. The molecule has 1 amide bonds. The number of phenolic OH excluding ortho intramolecular Hbond substituents is 1. The number of aromatic hydroxyl groups is 1. The number of anilines is 1. The zero-order chi connectivity index (χ0) is 20.7. The van der Waals surface area contributed by atoms with Gasteiger partial charge in [0.2, 0.25) is 0 Å². The molecule has 0 saturated heterocycles. The number of furan rings is 1. The van der Waals surface area contributed by atoms with Crippen LogP contribution in [0.25, 0.3) is 22.1 Å². The number of thiophene rings is 1. The van der Waals surface area contributed by atoms with Gasteiger partial charge in [0, 0.05) is 21.9 Å². The van der Waals surface area contributed by atoms with E-state index in [2.05, 4.69) is 5.32 Å². The van der Waals surface area contributed by atoms with Crippen molar-refractivity contribution < 1.29 is 33.0 Å². The van der Waals surface area contributed by atoms with E-state index in [0.717, 1.165) is 23.5 Å². The molecule has 0 saturated carbocycles. The van der Waals surface area contributed by atoms with Crippen LogP contribution in [-0.2, 0) is 0 Å². The molecule has 4 aromatic rings. The van der Waals surface area contributed by atoms with Crippen LogP contribution in [0, 0.1) is 11.6 Å². The molecule has 9 heteroatoms. The van der Waals surface area contributed by atoms with Gasteiger partial charge in [-0.3, -0.25) is 4.79 Å². The van der Waals surface area contributed by atoms with Crippen LogP contribution in [0.2, 0.25) is 0 Å². The molecule has 4 rings (SSSR count). The number of carboxylic acid groups (broad SMARTS) is 1. The highest BCUT2D eigenvalue weighted by molar-refractivity contribution is 7.15. The maximum atomic E-state index is 14.3. The van der Waals surface area contributed by atoms with Crippen molar-refractivity contribution in [2.24, 2.45) is 0 Å². The van der Waals surface area contributed by atoms with Gasteiger partial charge >= 0.3 is 5.97 Å². The zero-order valence-corrected chi connectivity index (χ0v) is 15.2. The molecule has 2 aromatic carbocycles. The molecule has 0 aliphatic carbocycles. The molecule has 2 heterocycles. The van der Waals surface area contributed by atoms with Crippen molar-refractivity contribution in [2.45, 2.75) is 0 Å². The molecular weight excluding hydrogens is 404 g/mol. The number of fused-ring (bicyclic) bond motifs is 1. The Labute approximate surface area is 165 Å². The summed E-state index contributed by atoms with van der Waals surface area (Å²) in [5.41, 5.74) is -0.298. The zero-order valence-electron chi connectivity index (χ0n) is 14.4. The van der Waals surface area contributed by atoms with Crippen molar-refractivity contribution in [2.75, 3.05) is 5.32 Å². The predicted octanol–water partition coefficient (Wildman–Crippen LogP) is 5.10. The Balaban J connectivity index is 1.73. The van der Waals surface area contributed by atoms with Gasteiger partial charge in [0.1, 0.15) is 16.1 Å². The van der Waals surface area contributed by atoms with Gasteiger partial charge in [-0.1, -0.05) is 18.2 Å². The van der Waals surface area contributed by atoms with Crippen LogP contribution in [0.3, 0.4) is 0 Å². The molecule has 0 unspecified atom stereocenters. The summed E-state index contributed by atoms with van der Waals surface area (Å²) in [6, 6.07) is 10.3. The highest BCUT2D eigenvalue weighted by atomic mass is 32.1. The van der Waals surface area contributed by atoms with Gasteiger partial charge in [0.25, 0.3) is 5.91 Å². The van der Waals surface area contributed by atoms with E-state index < -0.39 is 29.3 Å². The summed E-state index contributed by atoms with van der Waals surface area (Å²) in [4.78, 5) is 24.3. The highest BCUT2D eigenvalue weighted by Crippen LogP contribution is 2.39. The lowest BCUT2D eigenvalue weighted by Gasteiger charge is -2.07. The molecule has 0 aliphatic rings. The third-order valence-corrected chi connectivity index (χ3v) is 5.13. The largest absolute Gasteiger partial charge is 0.503 e. The summed E-state index contributed by atoms with van der Waals surface area (Å²) >= 11 is 0.851. The van der Waals surface area contributed by atoms with Crippen molar-refractivity contribution in [1.29, 1.82) is 0 Å². The van der Waals surface area contributed by atoms with E-state index >= 15 is 0 Å². The normalized spacial score (nSPS) is 11.0. The van der Waals surface area contributed by atoms with Gasteiger partial charge in [-0.25, -0.2) is 13.6 Å². The fraction of sp³-hybridized carbons (Fsp3) is 0. The number of amides is 1. The Morgan fingerprint density at radius 2 is 1.83 bits per heavy atom. The topological polar surface area (TPSA) is 99.8 Å². The van der Waals surface area contributed by atoms with Crippen LogP contribution < -0.4 is 5.32 Å². The van der Waals surface area contributed by atoms with E-state index in [-0.39, 0.29) is 27.5 Å². The minimum Gasteiger partial charge on any atom is -0.503 e. The molecule has 2 aromatic heterocycles. The molecule has 0 aliphatic heterocycles. The monoisotopic (exact) mass is 415 g/mol. The van der Waals surface area contributed by atoms with Crippen LogP contribution in [0.5, 0.6) is 5.75 Å². The fourth-order valence-electron chi connectivity index (χ4n) is 2.87. The maximum Gasteiger partial charge on any atom is 0.339 e. The number of halogens is 2. The summed E-state index contributed by atoms with van der Waals surface area (Å²) in [7, 11) is 0. The lowest BCUT2D eigenvalue weighted by molar-refractivity contribution is 0.0699. The number of hydrogen-bond donors (Lipinski definition) is 3. The Morgan fingerprint density at radius 3 is 2.55 bits per heavy atom. The number of para-hydroxylation sites is 1. The maximum absolute atomic E-state index is 14.3. The third-order valence-electron chi connectivity index (χ3n) is 4.24. The first-order valence-electron chi connectivity index (χ1n) is 8.19. The standard InChI is InChI=1S/C20H11F2NO5S/c21-12-6-5-10(16(22)17(12)24)11-8-29-19(15(11)20(26)27)23-18(25)14-7-9-3-1-2-4-13(9)28-14/h1-8,24H,(H,23,25)(H,26,27). The molecule has 146 valence electrons. The SMILES string of the molecule is O=C(Nc1scc(-c2ccc(F)c(O)c2F)c1C(=O)O)c1cc2ccccc2o1. The first-order chi connectivity index (χ1) is 13.9. The minimum atomic E-state index is -1.43. The predicted molar refractivity (Wildman–Crippen MR) is 102 cm³/mol. The number of phenols is 1. The van der Waals surface area contributed by atoms with E-state index in [9.17, 15) is 28.6 Å². The van der Waals surface area contributed by atoms with Crippen molar-refractivity contribution in [3.63, 3.8) is 0 Å².